The van der Waals surface area contributed by atoms with Crippen molar-refractivity contribution in [3.05, 3.63) is 17.6 Å². The summed E-state index contributed by atoms with van der Waals surface area (Å²) in [7, 11) is 0. The second-order valence-electron chi connectivity index (χ2n) is 5.47. The lowest BCUT2D eigenvalue weighted by molar-refractivity contribution is 0.760. The highest BCUT2D eigenvalue weighted by atomic mass is 15.4. The number of hydrogen-bond acceptors (Lipinski definition) is 4. The molecule has 0 bridgehead atoms. The summed E-state index contributed by atoms with van der Waals surface area (Å²) in [6.45, 7) is 8.86. The van der Waals surface area contributed by atoms with Gasteiger partial charge in [-0.3, -0.25) is 0 Å². The number of fused-ring (bicyclic) bond motifs is 1. The van der Waals surface area contributed by atoms with Crippen molar-refractivity contribution >= 4 is 11.6 Å². The van der Waals surface area contributed by atoms with E-state index in [1.807, 2.05) is 4.52 Å². The third kappa shape index (κ3) is 1.97. The monoisotopic (exact) mass is 259 g/mol. The molecule has 0 N–H and O–H groups in total. The smallest absolute Gasteiger partial charge is 0.254 e. The normalized spacial score (nSPS) is 15.9. The molecule has 0 unspecified atom stereocenters. The number of nitrogens with zero attached hydrogens (tertiary/aromatic N) is 5. The molecule has 0 radical (unpaired) electrons. The lowest BCUT2D eigenvalue weighted by Gasteiger charge is -2.25. The van der Waals surface area contributed by atoms with Gasteiger partial charge in [0, 0.05) is 18.7 Å². The Morgan fingerprint density at radius 2 is 2.00 bits per heavy atom. The van der Waals surface area contributed by atoms with Gasteiger partial charge in [-0.2, -0.15) is 14.6 Å². The number of hydrogen-bond donors (Lipinski definition) is 0. The highest BCUT2D eigenvalue weighted by Gasteiger charge is 2.24. The molecule has 0 atom stereocenters. The predicted molar refractivity (Wildman–Crippen MR) is 75.7 cm³/mol. The van der Waals surface area contributed by atoms with Crippen LogP contribution in [-0.4, -0.2) is 32.7 Å². The molecule has 0 amide bonds. The molecule has 1 fully saturated rings. The third-order valence-electron chi connectivity index (χ3n) is 3.83. The zero-order valence-electron chi connectivity index (χ0n) is 11.9. The van der Waals surface area contributed by atoms with Crippen molar-refractivity contribution in [3.63, 3.8) is 0 Å². The molecular formula is C14H21N5. The highest BCUT2D eigenvalue weighted by molar-refractivity contribution is 5.56. The van der Waals surface area contributed by atoms with Gasteiger partial charge in [0.25, 0.3) is 5.78 Å². The Morgan fingerprint density at radius 3 is 2.63 bits per heavy atom. The summed E-state index contributed by atoms with van der Waals surface area (Å²) in [6, 6.07) is 0. The first-order chi connectivity index (χ1) is 9.22. The molecule has 1 aliphatic heterocycles. The zero-order chi connectivity index (χ0) is 13.4. The van der Waals surface area contributed by atoms with Gasteiger partial charge in [-0.25, -0.2) is 4.98 Å². The van der Waals surface area contributed by atoms with Gasteiger partial charge in [-0.15, -0.1) is 0 Å². The van der Waals surface area contributed by atoms with Gasteiger partial charge in [-0.05, 0) is 25.2 Å². The van der Waals surface area contributed by atoms with E-state index in [2.05, 4.69) is 40.7 Å². The Balaban J connectivity index is 2.28. The molecular weight excluding hydrogens is 238 g/mol. The zero-order valence-corrected chi connectivity index (χ0v) is 11.9. The van der Waals surface area contributed by atoms with E-state index < -0.39 is 0 Å². The largest absolute Gasteiger partial charge is 0.356 e. The van der Waals surface area contributed by atoms with Crippen molar-refractivity contribution in [2.45, 2.75) is 46.0 Å². The fourth-order valence-electron chi connectivity index (χ4n) is 2.98. The molecule has 0 saturated carbocycles. The van der Waals surface area contributed by atoms with Crippen molar-refractivity contribution in [3.8, 4) is 0 Å². The van der Waals surface area contributed by atoms with Crippen LogP contribution in [0.5, 0.6) is 0 Å². The summed E-state index contributed by atoms with van der Waals surface area (Å²) in [4.78, 5) is 11.4. The summed E-state index contributed by atoms with van der Waals surface area (Å²) in [5.41, 5.74) is 2.50. The fraction of sp³-hybridized carbons (Fsp3) is 0.643. The van der Waals surface area contributed by atoms with Crippen LogP contribution in [0.15, 0.2) is 6.33 Å². The standard InChI is InChI=1S/C14H21N5/c1-4-11-12(10(2)3)13(18-7-5-6-8-18)19-14(17-11)15-9-16-19/h9-10H,4-8H2,1-3H3. The van der Waals surface area contributed by atoms with Gasteiger partial charge in [0.05, 0.1) is 5.69 Å². The molecule has 5 nitrogen and oxygen atoms in total. The Labute approximate surface area is 113 Å². The molecule has 1 aliphatic rings. The van der Waals surface area contributed by atoms with Gasteiger partial charge in [0.1, 0.15) is 12.1 Å². The number of anilines is 1. The van der Waals surface area contributed by atoms with Crippen LogP contribution in [0, 0.1) is 0 Å². The lowest BCUT2D eigenvalue weighted by Crippen LogP contribution is -2.24. The summed E-state index contributed by atoms with van der Waals surface area (Å²) >= 11 is 0. The summed E-state index contributed by atoms with van der Waals surface area (Å²) in [6.07, 6.45) is 5.07. The third-order valence-corrected chi connectivity index (χ3v) is 3.83. The van der Waals surface area contributed by atoms with Crippen molar-refractivity contribution in [1.82, 2.24) is 19.6 Å². The van der Waals surface area contributed by atoms with Crippen LogP contribution in [0.25, 0.3) is 5.78 Å². The minimum Gasteiger partial charge on any atom is -0.356 e. The van der Waals surface area contributed by atoms with E-state index in [9.17, 15) is 0 Å². The van der Waals surface area contributed by atoms with Gasteiger partial charge >= 0.3 is 0 Å². The van der Waals surface area contributed by atoms with Crippen molar-refractivity contribution < 1.29 is 0 Å². The average Bonchev–Trinajstić information content (AvgIpc) is 3.06. The van der Waals surface area contributed by atoms with E-state index in [-0.39, 0.29) is 0 Å². The summed E-state index contributed by atoms with van der Waals surface area (Å²) in [5.74, 6) is 2.39. The molecule has 5 heteroatoms. The average molecular weight is 259 g/mol. The van der Waals surface area contributed by atoms with Crippen molar-refractivity contribution in [2.24, 2.45) is 0 Å². The molecule has 1 saturated heterocycles. The molecule has 102 valence electrons. The minimum atomic E-state index is 0.451. The number of aromatic nitrogens is 4. The van der Waals surface area contributed by atoms with Gasteiger partial charge in [-0.1, -0.05) is 20.8 Å². The summed E-state index contributed by atoms with van der Waals surface area (Å²) < 4.78 is 1.92. The van der Waals surface area contributed by atoms with E-state index in [1.165, 1.54) is 24.2 Å². The van der Waals surface area contributed by atoms with Crippen LogP contribution in [-0.2, 0) is 6.42 Å². The number of aryl methyl sites for hydroxylation is 1. The van der Waals surface area contributed by atoms with Crippen LogP contribution in [0.4, 0.5) is 5.82 Å². The minimum absolute atomic E-state index is 0.451. The van der Waals surface area contributed by atoms with E-state index >= 15 is 0 Å². The summed E-state index contributed by atoms with van der Waals surface area (Å²) in [5, 5.41) is 4.38. The Bertz CT molecular complexity index is 581. The molecule has 2 aromatic heterocycles. The Morgan fingerprint density at radius 1 is 1.26 bits per heavy atom. The van der Waals surface area contributed by atoms with Crippen LogP contribution in [0.2, 0.25) is 0 Å². The first-order valence-electron chi connectivity index (χ1n) is 7.19. The maximum Gasteiger partial charge on any atom is 0.254 e. The first kappa shape index (κ1) is 12.4. The quantitative estimate of drug-likeness (QED) is 0.849. The molecule has 0 aromatic carbocycles. The molecule has 19 heavy (non-hydrogen) atoms. The first-order valence-corrected chi connectivity index (χ1v) is 7.19. The molecule has 0 spiro atoms. The fourth-order valence-corrected chi connectivity index (χ4v) is 2.98. The van der Waals surface area contributed by atoms with Crippen LogP contribution < -0.4 is 4.90 Å². The van der Waals surface area contributed by atoms with E-state index in [1.54, 1.807) is 6.33 Å². The number of rotatable bonds is 3. The van der Waals surface area contributed by atoms with E-state index in [4.69, 9.17) is 0 Å². The molecule has 3 rings (SSSR count). The predicted octanol–water partition coefficient (Wildman–Crippen LogP) is 2.41. The second kappa shape index (κ2) is 4.79. The van der Waals surface area contributed by atoms with Gasteiger partial charge in [0.15, 0.2) is 0 Å². The van der Waals surface area contributed by atoms with Gasteiger partial charge in [0.2, 0.25) is 0 Å². The maximum absolute atomic E-state index is 4.67. The van der Waals surface area contributed by atoms with Crippen LogP contribution in [0.1, 0.15) is 50.8 Å². The topological polar surface area (TPSA) is 46.3 Å². The second-order valence-corrected chi connectivity index (χ2v) is 5.47. The van der Waals surface area contributed by atoms with Crippen molar-refractivity contribution in [2.75, 3.05) is 18.0 Å². The van der Waals surface area contributed by atoms with Crippen LogP contribution >= 0.6 is 0 Å². The Hall–Kier alpha value is -1.65. The van der Waals surface area contributed by atoms with Gasteiger partial charge < -0.3 is 4.90 Å². The van der Waals surface area contributed by atoms with Crippen molar-refractivity contribution in [1.29, 1.82) is 0 Å². The molecule has 0 aliphatic carbocycles. The van der Waals surface area contributed by atoms with E-state index in [0.717, 1.165) is 31.0 Å². The Kier molecular flexibility index (Phi) is 3.12. The van der Waals surface area contributed by atoms with E-state index in [0.29, 0.717) is 5.92 Å². The molecule has 3 heterocycles. The highest BCUT2D eigenvalue weighted by Crippen LogP contribution is 2.32. The maximum atomic E-state index is 4.67. The van der Waals surface area contributed by atoms with Crippen LogP contribution in [0.3, 0.4) is 0 Å². The molecule has 2 aromatic rings. The SMILES string of the molecule is CCc1nc2ncnn2c(N2CCCC2)c1C(C)C. The lowest BCUT2D eigenvalue weighted by atomic mass is 10.00.